The highest BCUT2D eigenvalue weighted by Crippen LogP contribution is 2.32. The zero-order chi connectivity index (χ0) is 14.7. The molecule has 0 saturated carbocycles. The fourth-order valence-corrected chi connectivity index (χ4v) is 2.27. The Bertz CT molecular complexity index is 565. The SMILES string of the molecule is COc1ccc2c(c1)N(CCCCC(C)=O)C(=O)C2=O. The van der Waals surface area contributed by atoms with Gasteiger partial charge >= 0.3 is 0 Å². The van der Waals surface area contributed by atoms with Gasteiger partial charge in [-0.15, -0.1) is 0 Å². The van der Waals surface area contributed by atoms with Crippen molar-refractivity contribution in [2.75, 3.05) is 18.6 Å². The molecule has 1 amide bonds. The molecule has 0 N–H and O–H groups in total. The third kappa shape index (κ3) is 2.71. The molecule has 0 saturated heterocycles. The summed E-state index contributed by atoms with van der Waals surface area (Å²) in [6.07, 6.45) is 1.91. The molecule has 0 fully saturated rings. The summed E-state index contributed by atoms with van der Waals surface area (Å²) < 4.78 is 5.12. The number of ketones is 2. The third-order valence-electron chi connectivity index (χ3n) is 3.34. The molecule has 0 aliphatic carbocycles. The van der Waals surface area contributed by atoms with Gasteiger partial charge in [0.15, 0.2) is 0 Å². The second kappa shape index (κ2) is 5.86. The normalized spacial score (nSPS) is 13.6. The van der Waals surface area contributed by atoms with Gasteiger partial charge in [-0.3, -0.25) is 9.59 Å². The van der Waals surface area contributed by atoms with Gasteiger partial charge in [0.1, 0.15) is 11.5 Å². The number of benzene rings is 1. The van der Waals surface area contributed by atoms with Crippen LogP contribution in [-0.4, -0.2) is 31.1 Å². The van der Waals surface area contributed by atoms with Crippen molar-refractivity contribution < 1.29 is 19.1 Å². The monoisotopic (exact) mass is 275 g/mol. The Morgan fingerprint density at radius 2 is 2.00 bits per heavy atom. The van der Waals surface area contributed by atoms with Crippen molar-refractivity contribution in [1.82, 2.24) is 0 Å². The van der Waals surface area contributed by atoms with Gasteiger partial charge in [-0.25, -0.2) is 0 Å². The van der Waals surface area contributed by atoms with Crippen molar-refractivity contribution in [3.8, 4) is 5.75 Å². The van der Waals surface area contributed by atoms with Crippen LogP contribution in [-0.2, 0) is 9.59 Å². The van der Waals surface area contributed by atoms with Gasteiger partial charge in [0.05, 0.1) is 18.4 Å². The first-order valence-electron chi connectivity index (χ1n) is 6.58. The minimum Gasteiger partial charge on any atom is -0.497 e. The maximum Gasteiger partial charge on any atom is 0.299 e. The summed E-state index contributed by atoms with van der Waals surface area (Å²) in [4.78, 5) is 36.2. The molecule has 1 aliphatic heterocycles. The van der Waals surface area contributed by atoms with E-state index in [1.165, 1.54) is 12.0 Å². The smallest absolute Gasteiger partial charge is 0.299 e. The molecule has 0 radical (unpaired) electrons. The van der Waals surface area contributed by atoms with Crippen molar-refractivity contribution in [1.29, 1.82) is 0 Å². The van der Waals surface area contributed by atoms with Crippen molar-refractivity contribution >= 4 is 23.2 Å². The van der Waals surface area contributed by atoms with Crippen LogP contribution in [0, 0.1) is 0 Å². The second-order valence-electron chi connectivity index (χ2n) is 4.83. The molecule has 0 unspecified atom stereocenters. The number of nitrogens with zero attached hydrogens (tertiary/aromatic N) is 1. The van der Waals surface area contributed by atoms with Crippen LogP contribution < -0.4 is 9.64 Å². The lowest BCUT2D eigenvalue weighted by molar-refractivity contribution is -0.117. The van der Waals surface area contributed by atoms with Crippen molar-refractivity contribution in [2.45, 2.75) is 26.2 Å². The number of carbonyl (C=O) groups is 3. The first-order valence-corrected chi connectivity index (χ1v) is 6.58. The molecular weight excluding hydrogens is 258 g/mol. The molecule has 1 aliphatic rings. The molecule has 2 rings (SSSR count). The number of methoxy groups -OCH3 is 1. The Kier molecular flexibility index (Phi) is 4.17. The molecule has 20 heavy (non-hydrogen) atoms. The number of rotatable bonds is 6. The van der Waals surface area contributed by atoms with Crippen LogP contribution in [0.2, 0.25) is 0 Å². The predicted octanol–water partition coefficient (Wildman–Crippen LogP) is 1.98. The van der Waals surface area contributed by atoms with Gasteiger partial charge in [0, 0.05) is 19.0 Å². The van der Waals surface area contributed by atoms with Crippen LogP contribution in [0.3, 0.4) is 0 Å². The lowest BCUT2D eigenvalue weighted by Crippen LogP contribution is -2.30. The number of hydrogen-bond acceptors (Lipinski definition) is 4. The number of anilines is 1. The van der Waals surface area contributed by atoms with Gasteiger partial charge in [-0.05, 0) is 31.9 Å². The van der Waals surface area contributed by atoms with E-state index in [9.17, 15) is 14.4 Å². The summed E-state index contributed by atoms with van der Waals surface area (Å²) in [5.74, 6) is -0.235. The van der Waals surface area contributed by atoms with Gasteiger partial charge in [-0.1, -0.05) is 0 Å². The first-order chi connectivity index (χ1) is 9.54. The standard InChI is InChI=1S/C15H17NO4/c1-10(17)5-3-4-8-16-13-9-11(20-2)6-7-12(13)14(18)15(16)19/h6-7,9H,3-5,8H2,1-2H3. The number of hydrogen-bond donors (Lipinski definition) is 0. The molecule has 5 heteroatoms. The maximum absolute atomic E-state index is 12.0. The Labute approximate surface area is 117 Å². The molecule has 1 aromatic rings. The average Bonchev–Trinajstić information content (AvgIpc) is 2.67. The number of ether oxygens (including phenoxy) is 1. The Hall–Kier alpha value is -2.17. The molecule has 5 nitrogen and oxygen atoms in total. The Balaban J connectivity index is 2.12. The predicted molar refractivity (Wildman–Crippen MR) is 74.2 cm³/mol. The summed E-state index contributed by atoms with van der Waals surface area (Å²) in [6.45, 7) is 1.99. The summed E-state index contributed by atoms with van der Waals surface area (Å²) in [7, 11) is 1.54. The van der Waals surface area contributed by atoms with Crippen molar-refractivity contribution in [3.05, 3.63) is 23.8 Å². The highest BCUT2D eigenvalue weighted by atomic mass is 16.5. The molecule has 0 bridgehead atoms. The summed E-state index contributed by atoms with van der Waals surface area (Å²) >= 11 is 0. The minimum absolute atomic E-state index is 0.135. The van der Waals surface area contributed by atoms with E-state index in [1.807, 2.05) is 0 Å². The minimum atomic E-state index is -0.504. The topological polar surface area (TPSA) is 63.7 Å². The number of carbonyl (C=O) groups excluding carboxylic acids is 3. The number of fused-ring (bicyclic) bond motifs is 1. The lowest BCUT2D eigenvalue weighted by Gasteiger charge is -2.16. The molecule has 1 aromatic carbocycles. The summed E-state index contributed by atoms with van der Waals surface area (Å²) in [5, 5.41) is 0. The van der Waals surface area contributed by atoms with Gasteiger partial charge in [0.25, 0.3) is 11.7 Å². The van der Waals surface area contributed by atoms with Crippen LogP contribution in [0.5, 0.6) is 5.75 Å². The van der Waals surface area contributed by atoms with Crippen LogP contribution in [0.4, 0.5) is 5.69 Å². The van der Waals surface area contributed by atoms with Gasteiger partial charge < -0.3 is 14.4 Å². The van der Waals surface area contributed by atoms with Gasteiger partial charge in [-0.2, -0.15) is 0 Å². The van der Waals surface area contributed by atoms with E-state index in [4.69, 9.17) is 4.74 Å². The quantitative estimate of drug-likeness (QED) is 0.588. The van der Waals surface area contributed by atoms with E-state index in [0.29, 0.717) is 42.8 Å². The zero-order valence-corrected chi connectivity index (χ0v) is 11.6. The number of amides is 1. The third-order valence-corrected chi connectivity index (χ3v) is 3.34. The first kappa shape index (κ1) is 14.2. The summed E-state index contributed by atoms with van der Waals surface area (Å²) in [6, 6.07) is 4.98. The van der Waals surface area contributed by atoms with Crippen LogP contribution in [0.1, 0.15) is 36.5 Å². The number of Topliss-reactive ketones (excluding diaryl/α,β-unsaturated/α-hetero) is 2. The molecule has 0 spiro atoms. The fourth-order valence-electron chi connectivity index (χ4n) is 2.27. The van der Waals surface area contributed by atoms with E-state index in [2.05, 4.69) is 0 Å². The van der Waals surface area contributed by atoms with E-state index >= 15 is 0 Å². The zero-order valence-electron chi connectivity index (χ0n) is 11.6. The van der Waals surface area contributed by atoms with Crippen LogP contribution in [0.15, 0.2) is 18.2 Å². The summed E-state index contributed by atoms with van der Waals surface area (Å²) in [5.41, 5.74) is 1.02. The average molecular weight is 275 g/mol. The highest BCUT2D eigenvalue weighted by Gasteiger charge is 2.35. The Morgan fingerprint density at radius 3 is 2.65 bits per heavy atom. The number of unbranched alkanes of at least 4 members (excludes halogenated alkanes) is 1. The van der Waals surface area contributed by atoms with Crippen LogP contribution >= 0.6 is 0 Å². The Morgan fingerprint density at radius 1 is 1.25 bits per heavy atom. The molecule has 0 atom stereocenters. The maximum atomic E-state index is 12.0. The van der Waals surface area contributed by atoms with Crippen molar-refractivity contribution in [3.63, 3.8) is 0 Å². The second-order valence-corrected chi connectivity index (χ2v) is 4.83. The molecule has 0 aromatic heterocycles. The molecular formula is C15H17NO4. The van der Waals surface area contributed by atoms with Crippen molar-refractivity contribution in [2.24, 2.45) is 0 Å². The van der Waals surface area contributed by atoms with E-state index in [0.717, 1.165) is 0 Å². The van der Waals surface area contributed by atoms with Gasteiger partial charge in [0.2, 0.25) is 0 Å². The molecule has 106 valence electrons. The highest BCUT2D eigenvalue weighted by molar-refractivity contribution is 6.52. The van der Waals surface area contributed by atoms with E-state index in [-0.39, 0.29) is 5.78 Å². The fraction of sp³-hybridized carbons (Fsp3) is 0.400. The van der Waals surface area contributed by atoms with Crippen LogP contribution in [0.25, 0.3) is 0 Å². The lowest BCUT2D eigenvalue weighted by atomic mass is 10.1. The van der Waals surface area contributed by atoms with E-state index in [1.54, 1.807) is 25.1 Å². The largest absolute Gasteiger partial charge is 0.497 e. The molecule has 1 heterocycles. The van der Waals surface area contributed by atoms with E-state index < -0.39 is 11.7 Å².